The predicted molar refractivity (Wildman–Crippen MR) is 346 cm³/mol. The number of hydrogen-bond acceptors (Lipinski definition) is 2. The lowest BCUT2D eigenvalue weighted by Gasteiger charge is -2.35. The summed E-state index contributed by atoms with van der Waals surface area (Å²) in [5.74, 6) is 0.725. The topological polar surface area (TPSA) is 6.48 Å². The molecule has 0 amide bonds. The SMILES string of the molecule is CC1(C)c2ccccc2-c2cc(N(c3ccc4c(c3)C(C)(C)c3ccccc3-4)c3c4ccccc4c(N(c4ccc5c(c4)C(C)(C)c4ccccc4-5)c4ccc5c(c4)C(C)(C)C4C=CC=CC54)c4cc(-c5ccccc5)ccc34)ccc21. The molecular formula is C80H66N2. The lowest BCUT2D eigenvalue weighted by molar-refractivity contribution is 0.394. The average Bonchev–Trinajstić information content (AvgIpc) is 3.82. The van der Waals surface area contributed by atoms with E-state index in [1.165, 1.54) is 116 Å². The third-order valence-corrected chi connectivity index (χ3v) is 20.3. The van der Waals surface area contributed by atoms with Gasteiger partial charge in [-0.2, -0.15) is 0 Å². The maximum Gasteiger partial charge on any atom is 0.0620 e. The van der Waals surface area contributed by atoms with E-state index in [0.29, 0.717) is 11.8 Å². The van der Waals surface area contributed by atoms with E-state index in [2.05, 4.69) is 308 Å². The van der Waals surface area contributed by atoms with Crippen molar-refractivity contribution in [2.45, 2.75) is 83.0 Å². The monoisotopic (exact) mass is 1050 g/mol. The van der Waals surface area contributed by atoms with Crippen LogP contribution in [0.5, 0.6) is 0 Å². The lowest BCUT2D eigenvalue weighted by atomic mass is 9.74. The molecule has 82 heavy (non-hydrogen) atoms. The Balaban J connectivity index is 1.02. The Bertz CT molecular complexity index is 4600. The first-order chi connectivity index (χ1) is 39.7. The highest BCUT2D eigenvalue weighted by atomic mass is 15.2. The van der Waals surface area contributed by atoms with Crippen LogP contribution in [0.15, 0.2) is 243 Å². The van der Waals surface area contributed by atoms with Crippen LogP contribution in [-0.4, -0.2) is 0 Å². The van der Waals surface area contributed by atoms with Crippen LogP contribution in [0.3, 0.4) is 0 Å². The van der Waals surface area contributed by atoms with Gasteiger partial charge in [0.1, 0.15) is 0 Å². The third-order valence-electron chi connectivity index (χ3n) is 20.3. The molecule has 2 nitrogen and oxygen atoms in total. The van der Waals surface area contributed by atoms with E-state index >= 15 is 0 Å². The maximum atomic E-state index is 2.64. The number of nitrogens with zero attached hydrogens (tertiary/aromatic N) is 2. The molecule has 16 rings (SSSR count). The Morgan fingerprint density at radius 1 is 0.293 bits per heavy atom. The van der Waals surface area contributed by atoms with E-state index in [4.69, 9.17) is 0 Å². The van der Waals surface area contributed by atoms with Gasteiger partial charge in [0.15, 0.2) is 0 Å². The molecule has 2 heteroatoms. The van der Waals surface area contributed by atoms with Crippen molar-refractivity contribution in [3.8, 4) is 44.5 Å². The van der Waals surface area contributed by atoms with E-state index in [0.717, 1.165) is 28.4 Å². The number of fused-ring (bicyclic) bond motifs is 14. The van der Waals surface area contributed by atoms with Crippen LogP contribution in [0.1, 0.15) is 106 Å². The van der Waals surface area contributed by atoms with Crippen LogP contribution in [0.4, 0.5) is 34.1 Å². The van der Waals surface area contributed by atoms with Crippen molar-refractivity contribution >= 4 is 55.7 Å². The van der Waals surface area contributed by atoms with E-state index in [-0.39, 0.29) is 21.7 Å². The van der Waals surface area contributed by atoms with Crippen LogP contribution >= 0.6 is 0 Å². The standard InChI is InChI=1S/C80H66N2/c1-77(2)70-33-21-17-27-58(70)65-45-51(38-43-71(65)77)81(52-35-40-59-55-24-14-18-30-67(55)78(3,4)72(59)46-52)75-62-28-12-13-29-63(62)76(66-44-50(34-39-64(66)75)49-22-10-9-11-23-49)82(53-36-41-60-56-25-15-19-31-68(56)79(5,6)73(60)47-53)54-37-42-61-57-26-16-20-32-69(57)80(7,8)74(61)48-54/h9-48,56,68H,1-8H3. The van der Waals surface area contributed by atoms with Gasteiger partial charge in [-0.1, -0.05) is 243 Å². The van der Waals surface area contributed by atoms with Gasteiger partial charge in [-0.15, -0.1) is 0 Å². The number of benzene rings is 11. The minimum atomic E-state index is -0.200. The number of anilines is 6. The first-order valence-electron chi connectivity index (χ1n) is 29.6. The molecule has 0 saturated heterocycles. The quantitative estimate of drug-likeness (QED) is 0.116. The van der Waals surface area contributed by atoms with Crippen molar-refractivity contribution in [2.24, 2.45) is 5.92 Å². The maximum absolute atomic E-state index is 2.64. The van der Waals surface area contributed by atoms with E-state index in [9.17, 15) is 0 Å². The molecule has 11 aromatic carbocycles. The number of rotatable bonds is 7. The number of allylic oxidation sites excluding steroid dienone is 4. The molecule has 0 aromatic heterocycles. The minimum absolute atomic E-state index is 0.0864. The molecule has 11 aromatic rings. The molecule has 396 valence electrons. The van der Waals surface area contributed by atoms with Crippen molar-refractivity contribution in [1.29, 1.82) is 0 Å². The van der Waals surface area contributed by atoms with Crippen LogP contribution < -0.4 is 9.80 Å². The van der Waals surface area contributed by atoms with Crippen molar-refractivity contribution < 1.29 is 0 Å². The molecule has 5 aliphatic carbocycles. The predicted octanol–water partition coefficient (Wildman–Crippen LogP) is 21.6. The van der Waals surface area contributed by atoms with Crippen LogP contribution in [0, 0.1) is 5.92 Å². The molecule has 0 radical (unpaired) electrons. The summed E-state index contributed by atoms with van der Waals surface area (Å²) in [4.78, 5) is 5.25. The van der Waals surface area contributed by atoms with Crippen LogP contribution in [0.25, 0.3) is 66.1 Å². The minimum Gasteiger partial charge on any atom is -0.309 e. The second kappa shape index (κ2) is 17.3. The van der Waals surface area contributed by atoms with Gasteiger partial charge < -0.3 is 9.80 Å². The summed E-state index contributed by atoms with van der Waals surface area (Å²) in [6.07, 6.45) is 9.37. The van der Waals surface area contributed by atoms with E-state index < -0.39 is 0 Å². The van der Waals surface area contributed by atoms with Gasteiger partial charge in [0, 0.05) is 66.5 Å². The Labute approximate surface area is 483 Å². The Morgan fingerprint density at radius 3 is 1.32 bits per heavy atom. The molecule has 0 spiro atoms. The summed E-state index contributed by atoms with van der Waals surface area (Å²) < 4.78 is 0. The highest BCUT2D eigenvalue weighted by molar-refractivity contribution is 6.24. The van der Waals surface area contributed by atoms with Gasteiger partial charge in [0.25, 0.3) is 0 Å². The van der Waals surface area contributed by atoms with Crippen molar-refractivity contribution in [2.75, 3.05) is 9.80 Å². The summed E-state index contributed by atoms with van der Waals surface area (Å²) in [7, 11) is 0. The zero-order chi connectivity index (χ0) is 55.6. The Morgan fingerprint density at radius 2 is 0.720 bits per heavy atom. The molecule has 0 saturated carbocycles. The van der Waals surface area contributed by atoms with Gasteiger partial charge in [-0.05, 0) is 155 Å². The largest absolute Gasteiger partial charge is 0.309 e. The third kappa shape index (κ3) is 6.76. The summed E-state index contributed by atoms with van der Waals surface area (Å²) in [6, 6.07) is 84.0. The fraction of sp³-hybridized carbons (Fsp3) is 0.175. The molecule has 0 fully saturated rings. The molecule has 0 heterocycles. The van der Waals surface area contributed by atoms with E-state index in [1.807, 2.05) is 0 Å². The molecule has 5 aliphatic rings. The van der Waals surface area contributed by atoms with Crippen LogP contribution in [0.2, 0.25) is 0 Å². The first kappa shape index (κ1) is 48.9. The summed E-state index contributed by atoms with van der Waals surface area (Å²) in [6.45, 7) is 19.3. The second-order valence-electron chi connectivity index (χ2n) is 26.1. The Hall–Kier alpha value is -8.98. The average molecular weight is 1060 g/mol. The summed E-state index contributed by atoms with van der Waals surface area (Å²) in [5, 5.41) is 4.73. The zero-order valence-corrected chi connectivity index (χ0v) is 48.1. The Kier molecular flexibility index (Phi) is 10.3. The van der Waals surface area contributed by atoms with Crippen molar-refractivity contribution in [3.63, 3.8) is 0 Å². The number of hydrogen-bond donors (Lipinski definition) is 0. The molecule has 0 aliphatic heterocycles. The van der Waals surface area contributed by atoms with Crippen molar-refractivity contribution in [3.05, 3.63) is 287 Å². The molecular weight excluding hydrogens is 989 g/mol. The van der Waals surface area contributed by atoms with Gasteiger partial charge in [0.05, 0.1) is 11.4 Å². The second-order valence-corrected chi connectivity index (χ2v) is 26.1. The highest BCUT2D eigenvalue weighted by Gasteiger charge is 2.46. The normalized spacial score (nSPS) is 18.0. The fourth-order valence-electron chi connectivity index (χ4n) is 16.1. The van der Waals surface area contributed by atoms with Gasteiger partial charge in [-0.25, -0.2) is 0 Å². The fourth-order valence-corrected chi connectivity index (χ4v) is 16.1. The molecule has 0 bridgehead atoms. The summed E-state index contributed by atoms with van der Waals surface area (Å²) in [5.41, 5.74) is 27.6. The van der Waals surface area contributed by atoms with Gasteiger partial charge >= 0.3 is 0 Å². The van der Waals surface area contributed by atoms with Crippen LogP contribution in [-0.2, 0) is 21.7 Å². The van der Waals surface area contributed by atoms with Gasteiger partial charge in [0.2, 0.25) is 0 Å². The smallest absolute Gasteiger partial charge is 0.0620 e. The first-order valence-corrected chi connectivity index (χ1v) is 29.6. The molecule has 2 atom stereocenters. The van der Waals surface area contributed by atoms with Crippen molar-refractivity contribution in [1.82, 2.24) is 0 Å². The summed E-state index contributed by atoms with van der Waals surface area (Å²) >= 11 is 0. The zero-order valence-electron chi connectivity index (χ0n) is 48.1. The highest BCUT2D eigenvalue weighted by Crippen LogP contribution is 2.60. The molecule has 2 unspecified atom stereocenters. The lowest BCUT2D eigenvalue weighted by Crippen LogP contribution is -2.24. The van der Waals surface area contributed by atoms with Gasteiger partial charge in [-0.3, -0.25) is 0 Å². The molecule has 0 N–H and O–H groups in total. The van der Waals surface area contributed by atoms with E-state index in [1.54, 1.807) is 0 Å².